The van der Waals surface area contributed by atoms with Crippen LogP contribution in [0.5, 0.6) is 0 Å². The van der Waals surface area contributed by atoms with Gasteiger partial charge < -0.3 is 4.57 Å². The van der Waals surface area contributed by atoms with Crippen LogP contribution < -0.4 is 10.6 Å². The van der Waals surface area contributed by atoms with Crippen molar-refractivity contribution in [2.24, 2.45) is 18.9 Å². The first-order chi connectivity index (χ1) is 7.54. The Morgan fingerprint density at radius 3 is 2.56 bits per heavy atom. The smallest absolute Gasteiger partial charge is 0.0431 e. The Morgan fingerprint density at radius 2 is 2.00 bits per heavy atom. The lowest BCUT2D eigenvalue weighted by Crippen LogP contribution is -2.27. The van der Waals surface area contributed by atoms with Gasteiger partial charge in [0.25, 0.3) is 0 Å². The Bertz CT molecular complexity index is 423. The minimum absolute atomic E-state index is 0.782. The highest BCUT2D eigenvalue weighted by molar-refractivity contribution is 5.28. The summed E-state index contributed by atoms with van der Waals surface area (Å²) in [4.78, 5) is 0. The molecule has 0 aliphatic heterocycles. The van der Waals surface area contributed by atoms with Gasteiger partial charge >= 0.3 is 0 Å². The van der Waals surface area contributed by atoms with Gasteiger partial charge in [-0.15, -0.1) is 0 Å². The second-order valence-corrected chi connectivity index (χ2v) is 5.23. The van der Waals surface area contributed by atoms with E-state index in [9.17, 15) is 0 Å². The zero-order chi connectivity index (χ0) is 12.1. The number of aromatic nitrogens is 1. The molecule has 0 aliphatic carbocycles. The van der Waals surface area contributed by atoms with Gasteiger partial charge in [-0.1, -0.05) is 32.9 Å². The molecule has 1 aromatic heterocycles. The molecular weight excluding hydrogens is 194 g/mol. The molecule has 0 saturated carbocycles. The highest BCUT2D eigenvalue weighted by Gasteiger charge is 2.02. The van der Waals surface area contributed by atoms with E-state index in [1.807, 2.05) is 0 Å². The van der Waals surface area contributed by atoms with Crippen LogP contribution in [0.15, 0.2) is 12.3 Å². The fraction of sp³-hybridized carbons (Fsp3) is 0.600. The lowest BCUT2D eigenvalue weighted by Gasteiger charge is -2.10. The molecule has 16 heavy (non-hydrogen) atoms. The molecular formula is C15H25N. The van der Waals surface area contributed by atoms with Crippen LogP contribution in [0.2, 0.25) is 0 Å². The van der Waals surface area contributed by atoms with Crippen molar-refractivity contribution in [1.82, 2.24) is 4.57 Å². The summed E-state index contributed by atoms with van der Waals surface area (Å²) in [5, 5.41) is 2.71. The standard InChI is InChI=1S/C15H25N/c1-6-15-14(9-10-16(15)5)8-7-13(4)11-12(2)3/h6,8-10,12-13H,7,11H2,1-5H3/b14-8-,15-6+. The van der Waals surface area contributed by atoms with Gasteiger partial charge in [0.05, 0.1) is 0 Å². The molecule has 1 heteroatoms. The Morgan fingerprint density at radius 1 is 1.31 bits per heavy atom. The minimum atomic E-state index is 0.782. The van der Waals surface area contributed by atoms with Gasteiger partial charge in [0, 0.05) is 18.6 Å². The lowest BCUT2D eigenvalue weighted by atomic mass is 9.96. The van der Waals surface area contributed by atoms with Crippen molar-refractivity contribution in [1.29, 1.82) is 0 Å². The molecule has 0 aromatic carbocycles. The first kappa shape index (κ1) is 13.1. The summed E-state index contributed by atoms with van der Waals surface area (Å²) in [6.07, 6.45) is 9.19. The monoisotopic (exact) mass is 219 g/mol. The molecule has 90 valence electrons. The Labute approximate surface area is 99.5 Å². The van der Waals surface area contributed by atoms with Gasteiger partial charge in [-0.25, -0.2) is 0 Å². The van der Waals surface area contributed by atoms with Crippen LogP contribution >= 0.6 is 0 Å². The molecule has 0 N–H and O–H groups in total. The van der Waals surface area contributed by atoms with Gasteiger partial charge in [0.2, 0.25) is 0 Å². The lowest BCUT2D eigenvalue weighted by molar-refractivity contribution is 0.449. The number of hydrogen-bond acceptors (Lipinski definition) is 0. The minimum Gasteiger partial charge on any atom is -0.351 e. The summed E-state index contributed by atoms with van der Waals surface area (Å²) in [6.45, 7) is 9.04. The normalized spacial score (nSPS) is 16.1. The van der Waals surface area contributed by atoms with Crippen LogP contribution in [-0.2, 0) is 7.05 Å². The maximum absolute atomic E-state index is 2.38. The van der Waals surface area contributed by atoms with Crippen molar-refractivity contribution >= 4 is 12.2 Å². The van der Waals surface area contributed by atoms with Crippen molar-refractivity contribution < 1.29 is 0 Å². The van der Waals surface area contributed by atoms with Gasteiger partial charge in [-0.2, -0.15) is 0 Å². The topological polar surface area (TPSA) is 4.93 Å². The molecule has 0 spiro atoms. The van der Waals surface area contributed by atoms with Crippen LogP contribution in [-0.4, -0.2) is 4.57 Å². The largest absolute Gasteiger partial charge is 0.351 e. The molecule has 0 aliphatic rings. The average Bonchev–Trinajstić information content (AvgIpc) is 2.55. The quantitative estimate of drug-likeness (QED) is 0.734. The summed E-state index contributed by atoms with van der Waals surface area (Å²) in [5.41, 5.74) is 0. The average molecular weight is 219 g/mol. The Kier molecular flexibility index (Phi) is 4.85. The van der Waals surface area contributed by atoms with E-state index in [4.69, 9.17) is 0 Å². The predicted octanol–water partition coefficient (Wildman–Crippen LogP) is 2.68. The van der Waals surface area contributed by atoms with E-state index in [0.29, 0.717) is 0 Å². The molecule has 1 unspecified atom stereocenters. The van der Waals surface area contributed by atoms with E-state index in [0.717, 1.165) is 11.8 Å². The third-order valence-electron chi connectivity index (χ3n) is 3.04. The molecule has 1 rings (SSSR count). The zero-order valence-electron chi connectivity index (χ0n) is 11.3. The number of rotatable bonds is 4. The van der Waals surface area contributed by atoms with Crippen LogP contribution in [0.1, 0.15) is 40.5 Å². The second-order valence-electron chi connectivity index (χ2n) is 5.23. The van der Waals surface area contributed by atoms with E-state index < -0.39 is 0 Å². The van der Waals surface area contributed by atoms with E-state index in [1.165, 1.54) is 23.4 Å². The van der Waals surface area contributed by atoms with Crippen LogP contribution in [0.3, 0.4) is 0 Å². The first-order valence-corrected chi connectivity index (χ1v) is 6.32. The van der Waals surface area contributed by atoms with E-state index in [-0.39, 0.29) is 0 Å². The van der Waals surface area contributed by atoms with Gasteiger partial charge in [-0.3, -0.25) is 0 Å². The summed E-state index contributed by atoms with van der Waals surface area (Å²) in [6, 6.07) is 2.21. The molecule has 0 bridgehead atoms. The van der Waals surface area contributed by atoms with Crippen molar-refractivity contribution in [3.8, 4) is 0 Å². The third-order valence-corrected chi connectivity index (χ3v) is 3.04. The van der Waals surface area contributed by atoms with Crippen molar-refractivity contribution in [3.05, 3.63) is 22.8 Å². The van der Waals surface area contributed by atoms with Crippen molar-refractivity contribution in [2.45, 2.75) is 40.5 Å². The van der Waals surface area contributed by atoms with E-state index in [1.54, 1.807) is 0 Å². The van der Waals surface area contributed by atoms with Gasteiger partial charge in [0.1, 0.15) is 0 Å². The van der Waals surface area contributed by atoms with E-state index in [2.05, 4.69) is 63.7 Å². The maximum atomic E-state index is 2.38. The fourth-order valence-corrected chi connectivity index (χ4v) is 2.33. The van der Waals surface area contributed by atoms with Crippen LogP contribution in [0.25, 0.3) is 12.2 Å². The summed E-state index contributed by atoms with van der Waals surface area (Å²) >= 11 is 0. The number of hydrogen-bond donors (Lipinski definition) is 0. The molecule has 0 saturated heterocycles. The number of nitrogens with zero attached hydrogens (tertiary/aromatic N) is 1. The molecule has 1 atom stereocenters. The van der Waals surface area contributed by atoms with Gasteiger partial charge in [-0.05, 0) is 42.9 Å². The van der Waals surface area contributed by atoms with Crippen LogP contribution in [0, 0.1) is 11.8 Å². The van der Waals surface area contributed by atoms with Crippen LogP contribution in [0.4, 0.5) is 0 Å². The summed E-state index contributed by atoms with van der Waals surface area (Å²) in [5.74, 6) is 1.58. The zero-order valence-corrected chi connectivity index (χ0v) is 11.3. The molecule has 0 radical (unpaired) electrons. The molecule has 0 amide bonds. The highest BCUT2D eigenvalue weighted by Crippen LogP contribution is 2.14. The van der Waals surface area contributed by atoms with Crippen molar-refractivity contribution in [3.63, 3.8) is 0 Å². The van der Waals surface area contributed by atoms with Crippen molar-refractivity contribution in [2.75, 3.05) is 0 Å². The molecule has 0 fully saturated rings. The second kappa shape index (κ2) is 5.93. The summed E-state index contributed by atoms with van der Waals surface area (Å²) in [7, 11) is 2.10. The summed E-state index contributed by atoms with van der Waals surface area (Å²) < 4.78 is 2.18. The predicted molar refractivity (Wildman–Crippen MR) is 72.5 cm³/mol. The van der Waals surface area contributed by atoms with Gasteiger partial charge in [0.15, 0.2) is 0 Å². The Balaban J connectivity index is 2.78. The maximum Gasteiger partial charge on any atom is 0.0431 e. The SMILES string of the molecule is C/C=c1\c(=C/CC(C)CC(C)C)ccn1C. The molecule has 1 heterocycles. The number of aryl methyl sites for hydroxylation is 1. The third kappa shape index (κ3) is 3.55. The highest BCUT2D eigenvalue weighted by atomic mass is 14.9. The molecule has 1 aromatic rings. The van der Waals surface area contributed by atoms with E-state index >= 15 is 0 Å². The molecule has 1 nitrogen and oxygen atoms in total. The first-order valence-electron chi connectivity index (χ1n) is 6.32. The Hall–Kier alpha value is -0.980. The fourth-order valence-electron chi connectivity index (χ4n) is 2.33.